The van der Waals surface area contributed by atoms with Crippen LogP contribution in [-0.4, -0.2) is 0 Å². The second-order valence-electron chi connectivity index (χ2n) is 5.70. The van der Waals surface area contributed by atoms with Crippen LogP contribution >= 0.6 is 0 Å². The third kappa shape index (κ3) is 2.56. The molecular weight excluding hydrogens is 240 g/mol. The second kappa shape index (κ2) is 6.09. The van der Waals surface area contributed by atoms with Crippen LogP contribution in [0.1, 0.15) is 31.2 Å². The van der Waals surface area contributed by atoms with E-state index >= 15 is 0 Å². The monoisotopic (exact) mass is 262 g/mol. The standard InChI is InChI=1S/C20H22/c1-2-3-5-14-19-17-12-8-9-13-18(15-17)20(19)16-10-6-4-7-11-16/h2,4,6-13,17-18H,1,3,5,14-15H2/t17-,18+/m1/s1. The molecular formula is C20H22. The molecule has 0 N–H and O–H groups in total. The van der Waals surface area contributed by atoms with Gasteiger partial charge in [-0.1, -0.05) is 66.3 Å². The molecule has 3 rings (SSSR count). The first-order valence-electron chi connectivity index (χ1n) is 7.64. The van der Waals surface area contributed by atoms with E-state index in [9.17, 15) is 0 Å². The van der Waals surface area contributed by atoms with E-state index < -0.39 is 0 Å². The van der Waals surface area contributed by atoms with Crippen molar-refractivity contribution < 1.29 is 0 Å². The number of benzene rings is 1. The van der Waals surface area contributed by atoms with E-state index in [1.165, 1.54) is 24.8 Å². The van der Waals surface area contributed by atoms with Crippen LogP contribution < -0.4 is 0 Å². The van der Waals surface area contributed by atoms with E-state index in [1.54, 1.807) is 11.1 Å². The highest BCUT2D eigenvalue weighted by Gasteiger charge is 2.31. The Morgan fingerprint density at radius 2 is 1.80 bits per heavy atom. The summed E-state index contributed by atoms with van der Waals surface area (Å²) < 4.78 is 0. The molecule has 2 aliphatic rings. The number of allylic oxidation sites excluding steroid dienone is 7. The fraction of sp³-hybridized carbons (Fsp3) is 0.300. The molecule has 0 unspecified atom stereocenters. The van der Waals surface area contributed by atoms with Crippen molar-refractivity contribution in [2.45, 2.75) is 25.7 Å². The van der Waals surface area contributed by atoms with E-state index in [2.05, 4.69) is 61.2 Å². The van der Waals surface area contributed by atoms with Crippen LogP contribution in [0.4, 0.5) is 0 Å². The van der Waals surface area contributed by atoms with Gasteiger partial charge in [0.15, 0.2) is 0 Å². The van der Waals surface area contributed by atoms with Gasteiger partial charge in [-0.3, -0.25) is 0 Å². The molecule has 0 radical (unpaired) electrons. The predicted molar refractivity (Wildman–Crippen MR) is 87.3 cm³/mol. The van der Waals surface area contributed by atoms with Crippen molar-refractivity contribution >= 4 is 5.57 Å². The van der Waals surface area contributed by atoms with Gasteiger partial charge in [0.1, 0.15) is 0 Å². The van der Waals surface area contributed by atoms with Gasteiger partial charge in [0, 0.05) is 5.92 Å². The zero-order chi connectivity index (χ0) is 13.8. The summed E-state index contributed by atoms with van der Waals surface area (Å²) in [6.45, 7) is 3.84. The number of hydrogen-bond donors (Lipinski definition) is 0. The Morgan fingerprint density at radius 1 is 1.05 bits per heavy atom. The van der Waals surface area contributed by atoms with Crippen LogP contribution in [0, 0.1) is 11.8 Å². The van der Waals surface area contributed by atoms with Gasteiger partial charge < -0.3 is 0 Å². The average Bonchev–Trinajstić information content (AvgIpc) is 2.65. The highest BCUT2D eigenvalue weighted by Crippen LogP contribution is 2.46. The first-order valence-corrected chi connectivity index (χ1v) is 7.64. The van der Waals surface area contributed by atoms with Crippen LogP contribution in [0.5, 0.6) is 0 Å². The van der Waals surface area contributed by atoms with Crippen molar-refractivity contribution in [1.82, 2.24) is 0 Å². The first kappa shape index (κ1) is 13.2. The quantitative estimate of drug-likeness (QED) is 0.481. The molecule has 2 aliphatic carbocycles. The van der Waals surface area contributed by atoms with Crippen LogP contribution in [0.25, 0.3) is 5.57 Å². The predicted octanol–water partition coefficient (Wildman–Crippen LogP) is 5.56. The molecule has 0 saturated carbocycles. The van der Waals surface area contributed by atoms with Gasteiger partial charge in [-0.05, 0) is 42.7 Å². The van der Waals surface area contributed by atoms with E-state index in [-0.39, 0.29) is 0 Å². The van der Waals surface area contributed by atoms with Gasteiger partial charge in [0.2, 0.25) is 0 Å². The van der Waals surface area contributed by atoms with Crippen molar-refractivity contribution in [2.75, 3.05) is 0 Å². The van der Waals surface area contributed by atoms with E-state index in [1.807, 2.05) is 6.08 Å². The fourth-order valence-electron chi connectivity index (χ4n) is 3.51. The maximum Gasteiger partial charge on any atom is 0.00354 e. The van der Waals surface area contributed by atoms with Gasteiger partial charge in [0.25, 0.3) is 0 Å². The SMILES string of the molecule is C=CCCCC1=C(c2ccccc2)[C@H]2C=CC=C[C@@H]1C2. The second-order valence-corrected chi connectivity index (χ2v) is 5.70. The number of fused-ring (bicyclic) bond motifs is 2. The summed E-state index contributed by atoms with van der Waals surface area (Å²) in [5.41, 5.74) is 4.65. The molecule has 20 heavy (non-hydrogen) atoms. The minimum Gasteiger partial charge on any atom is -0.103 e. The van der Waals surface area contributed by atoms with Crippen molar-refractivity contribution in [2.24, 2.45) is 11.8 Å². The molecule has 1 aromatic rings. The molecule has 0 aliphatic heterocycles. The van der Waals surface area contributed by atoms with E-state index in [4.69, 9.17) is 0 Å². The minimum atomic E-state index is 0.594. The van der Waals surface area contributed by atoms with Crippen molar-refractivity contribution in [3.63, 3.8) is 0 Å². The lowest BCUT2D eigenvalue weighted by Crippen LogP contribution is -1.96. The van der Waals surface area contributed by atoms with Crippen LogP contribution in [0.2, 0.25) is 0 Å². The third-order valence-corrected chi connectivity index (χ3v) is 4.41. The van der Waals surface area contributed by atoms with E-state index in [0.717, 1.165) is 6.42 Å². The summed E-state index contributed by atoms with van der Waals surface area (Å²) in [7, 11) is 0. The Hall–Kier alpha value is -1.82. The molecule has 0 heterocycles. The maximum atomic E-state index is 3.84. The van der Waals surface area contributed by atoms with Crippen molar-refractivity contribution in [1.29, 1.82) is 0 Å². The Morgan fingerprint density at radius 3 is 2.55 bits per heavy atom. The summed E-state index contributed by atoms with van der Waals surface area (Å²) in [5, 5.41) is 0. The highest BCUT2D eigenvalue weighted by molar-refractivity contribution is 5.75. The Bertz CT molecular complexity index is 557. The zero-order valence-electron chi connectivity index (χ0n) is 12.0. The molecule has 2 bridgehead atoms. The van der Waals surface area contributed by atoms with Crippen LogP contribution in [-0.2, 0) is 0 Å². The molecule has 102 valence electrons. The Balaban J connectivity index is 1.98. The number of rotatable bonds is 5. The summed E-state index contributed by atoms with van der Waals surface area (Å²) >= 11 is 0. The fourth-order valence-corrected chi connectivity index (χ4v) is 3.51. The van der Waals surface area contributed by atoms with Crippen molar-refractivity contribution in [3.05, 3.63) is 78.4 Å². The minimum absolute atomic E-state index is 0.594. The third-order valence-electron chi connectivity index (χ3n) is 4.41. The first-order chi connectivity index (χ1) is 9.90. The smallest absolute Gasteiger partial charge is 0.00354 e. The summed E-state index contributed by atoms with van der Waals surface area (Å²) in [5.74, 6) is 1.23. The summed E-state index contributed by atoms with van der Waals surface area (Å²) in [6, 6.07) is 10.9. The van der Waals surface area contributed by atoms with Gasteiger partial charge in [-0.15, -0.1) is 6.58 Å². The number of unbranched alkanes of at least 4 members (excludes halogenated alkanes) is 1. The van der Waals surface area contributed by atoms with Gasteiger partial charge in [-0.25, -0.2) is 0 Å². The van der Waals surface area contributed by atoms with Gasteiger partial charge >= 0.3 is 0 Å². The summed E-state index contributed by atoms with van der Waals surface area (Å²) in [4.78, 5) is 0. The van der Waals surface area contributed by atoms with E-state index in [0.29, 0.717) is 11.8 Å². The van der Waals surface area contributed by atoms with Crippen LogP contribution in [0.3, 0.4) is 0 Å². The molecule has 0 saturated heterocycles. The van der Waals surface area contributed by atoms with Gasteiger partial charge in [-0.2, -0.15) is 0 Å². The largest absolute Gasteiger partial charge is 0.103 e. The lowest BCUT2D eigenvalue weighted by Gasteiger charge is -2.14. The lowest BCUT2D eigenvalue weighted by atomic mass is 9.90. The lowest BCUT2D eigenvalue weighted by molar-refractivity contribution is 0.645. The summed E-state index contributed by atoms with van der Waals surface area (Å²) in [6.07, 6.45) is 16.0. The van der Waals surface area contributed by atoms with Crippen LogP contribution in [0.15, 0.2) is 72.9 Å². The molecule has 0 nitrogen and oxygen atoms in total. The molecule has 0 fully saturated rings. The zero-order valence-corrected chi connectivity index (χ0v) is 12.0. The number of hydrogen-bond acceptors (Lipinski definition) is 0. The molecule has 0 spiro atoms. The molecule has 0 amide bonds. The topological polar surface area (TPSA) is 0 Å². The molecule has 2 atom stereocenters. The Labute approximate surface area is 122 Å². The molecule has 0 heteroatoms. The maximum absolute atomic E-state index is 3.84. The van der Waals surface area contributed by atoms with Gasteiger partial charge in [0.05, 0.1) is 0 Å². The van der Waals surface area contributed by atoms with Crippen molar-refractivity contribution in [3.8, 4) is 0 Å². The average molecular weight is 262 g/mol. The molecule has 1 aromatic carbocycles. The molecule has 0 aromatic heterocycles. The Kier molecular flexibility index (Phi) is 4.01. The normalized spacial score (nSPS) is 24.0. The highest BCUT2D eigenvalue weighted by atomic mass is 14.4.